The third-order valence-electron chi connectivity index (χ3n) is 4.04. The largest absolute Gasteiger partial charge is 0.397 e. The minimum atomic E-state index is 0.429. The lowest BCUT2D eigenvalue weighted by Crippen LogP contribution is -2.00. The van der Waals surface area contributed by atoms with E-state index in [1.807, 2.05) is 12.1 Å². The van der Waals surface area contributed by atoms with Crippen molar-refractivity contribution in [2.75, 3.05) is 5.73 Å². The molecule has 0 atom stereocenters. The molecular weight excluding hydrogens is 314 g/mol. The Kier molecular flexibility index (Phi) is 2.60. The topological polar surface area (TPSA) is 54.7 Å². The lowest BCUT2D eigenvalue weighted by Gasteiger charge is -2.03. The normalized spacial score (nSPS) is 14.8. The number of benzene rings is 2. The second kappa shape index (κ2) is 4.35. The minimum Gasteiger partial charge on any atom is -0.397 e. The highest BCUT2D eigenvalue weighted by Crippen LogP contribution is 2.34. The summed E-state index contributed by atoms with van der Waals surface area (Å²) in [6, 6.07) is 12.6. The smallest absolute Gasteiger partial charge is 0.112 e. The van der Waals surface area contributed by atoms with Crippen LogP contribution < -0.4 is 5.73 Å². The summed E-state index contributed by atoms with van der Waals surface area (Å²) in [6.07, 6.45) is 2.11. The van der Waals surface area contributed by atoms with E-state index in [2.05, 4.69) is 45.2 Å². The number of hydrogen-bond donors (Lipinski definition) is 2. The van der Waals surface area contributed by atoms with Crippen molar-refractivity contribution in [2.24, 2.45) is 0 Å². The highest BCUT2D eigenvalue weighted by atomic mass is 79.9. The quantitative estimate of drug-likeness (QED) is 0.668. The monoisotopic (exact) mass is 327 g/mol. The number of aromatic nitrogens is 2. The Morgan fingerprint density at radius 3 is 2.55 bits per heavy atom. The van der Waals surface area contributed by atoms with E-state index in [-0.39, 0.29) is 0 Å². The summed E-state index contributed by atoms with van der Waals surface area (Å²) in [5, 5.41) is 0. The number of imidazole rings is 1. The Balaban J connectivity index is 1.76. The van der Waals surface area contributed by atoms with Crippen molar-refractivity contribution in [3.05, 3.63) is 57.8 Å². The van der Waals surface area contributed by atoms with E-state index in [1.165, 1.54) is 11.1 Å². The molecule has 0 aliphatic heterocycles. The maximum absolute atomic E-state index is 6.04. The molecule has 0 saturated carbocycles. The molecule has 0 bridgehead atoms. The van der Waals surface area contributed by atoms with Gasteiger partial charge in [-0.1, -0.05) is 40.2 Å². The molecule has 0 spiro atoms. The second-order valence-corrected chi connectivity index (χ2v) is 6.30. The standard InChI is InChI=1S/C16H14BrN3/c17-12-7-13(18)15-14(8-12)19-16(20-15)11-5-9-3-1-2-4-10(9)6-11/h1-4,7-8,11H,5-6,18H2,(H,19,20). The van der Waals surface area contributed by atoms with E-state index in [9.17, 15) is 0 Å². The van der Waals surface area contributed by atoms with E-state index in [0.29, 0.717) is 11.6 Å². The summed E-state index contributed by atoms with van der Waals surface area (Å²) in [4.78, 5) is 8.15. The van der Waals surface area contributed by atoms with Crippen LogP contribution in [-0.4, -0.2) is 9.97 Å². The summed E-state index contributed by atoms with van der Waals surface area (Å²) in [5.41, 5.74) is 11.5. The fraction of sp³-hybridized carbons (Fsp3) is 0.188. The average Bonchev–Trinajstić information content (AvgIpc) is 3.01. The van der Waals surface area contributed by atoms with Crippen LogP contribution in [0.25, 0.3) is 11.0 Å². The first-order chi connectivity index (χ1) is 9.70. The van der Waals surface area contributed by atoms with Gasteiger partial charge in [0.2, 0.25) is 0 Å². The Hall–Kier alpha value is -1.81. The number of nitrogen functional groups attached to an aromatic ring is 1. The number of fused-ring (bicyclic) bond motifs is 2. The number of nitrogens with zero attached hydrogens (tertiary/aromatic N) is 1. The Labute approximate surface area is 125 Å². The van der Waals surface area contributed by atoms with Crippen molar-refractivity contribution >= 4 is 32.7 Å². The molecule has 100 valence electrons. The van der Waals surface area contributed by atoms with E-state index in [1.54, 1.807) is 0 Å². The molecule has 1 aliphatic rings. The summed E-state index contributed by atoms with van der Waals surface area (Å²) < 4.78 is 0.979. The zero-order valence-corrected chi connectivity index (χ0v) is 12.4. The van der Waals surface area contributed by atoms with Crippen molar-refractivity contribution in [1.82, 2.24) is 9.97 Å². The average molecular weight is 328 g/mol. The molecule has 1 aliphatic carbocycles. The van der Waals surface area contributed by atoms with Crippen molar-refractivity contribution in [1.29, 1.82) is 0 Å². The molecule has 0 saturated heterocycles. The highest BCUT2D eigenvalue weighted by molar-refractivity contribution is 9.10. The van der Waals surface area contributed by atoms with Gasteiger partial charge in [0.1, 0.15) is 11.3 Å². The molecular formula is C16H14BrN3. The first-order valence-electron chi connectivity index (χ1n) is 6.72. The molecule has 0 unspecified atom stereocenters. The van der Waals surface area contributed by atoms with Crippen molar-refractivity contribution < 1.29 is 0 Å². The van der Waals surface area contributed by atoms with Gasteiger partial charge in [0.15, 0.2) is 0 Å². The van der Waals surface area contributed by atoms with Crippen LogP contribution in [-0.2, 0) is 12.8 Å². The van der Waals surface area contributed by atoms with Gasteiger partial charge in [0.05, 0.1) is 11.2 Å². The number of aromatic amines is 1. The van der Waals surface area contributed by atoms with Crippen molar-refractivity contribution in [2.45, 2.75) is 18.8 Å². The molecule has 2 aromatic carbocycles. The fourth-order valence-electron chi connectivity index (χ4n) is 3.07. The first kappa shape index (κ1) is 12.0. The molecule has 4 heteroatoms. The van der Waals surface area contributed by atoms with Crippen molar-refractivity contribution in [3.63, 3.8) is 0 Å². The molecule has 0 fully saturated rings. The predicted molar refractivity (Wildman–Crippen MR) is 84.8 cm³/mol. The van der Waals surface area contributed by atoms with Gasteiger partial charge in [-0.15, -0.1) is 0 Å². The molecule has 1 aromatic heterocycles. The Morgan fingerprint density at radius 1 is 1.15 bits per heavy atom. The predicted octanol–water partition coefficient (Wildman–Crippen LogP) is 3.79. The highest BCUT2D eigenvalue weighted by Gasteiger charge is 2.25. The van der Waals surface area contributed by atoms with Gasteiger partial charge < -0.3 is 10.7 Å². The zero-order valence-electron chi connectivity index (χ0n) is 10.9. The van der Waals surface area contributed by atoms with Crippen LogP contribution in [0.4, 0.5) is 5.69 Å². The third kappa shape index (κ3) is 1.83. The van der Waals surface area contributed by atoms with Crippen LogP contribution in [0.5, 0.6) is 0 Å². The SMILES string of the molecule is Nc1cc(Br)cc2[nH]c(C3Cc4ccccc4C3)nc12. The summed E-state index contributed by atoms with van der Waals surface area (Å²) in [6.45, 7) is 0. The number of halogens is 1. The van der Waals surface area contributed by atoms with E-state index in [4.69, 9.17) is 10.7 Å². The van der Waals surface area contributed by atoms with Crippen molar-refractivity contribution in [3.8, 4) is 0 Å². The van der Waals surface area contributed by atoms with Crippen LogP contribution in [0.2, 0.25) is 0 Å². The van der Waals surface area contributed by atoms with Gasteiger partial charge in [-0.05, 0) is 36.1 Å². The fourth-order valence-corrected chi connectivity index (χ4v) is 3.55. The van der Waals surface area contributed by atoms with Gasteiger partial charge in [-0.25, -0.2) is 4.98 Å². The number of anilines is 1. The lowest BCUT2D eigenvalue weighted by molar-refractivity contribution is 0.697. The molecule has 3 aromatic rings. The second-order valence-electron chi connectivity index (χ2n) is 5.39. The van der Waals surface area contributed by atoms with Gasteiger partial charge in [-0.3, -0.25) is 0 Å². The molecule has 4 rings (SSSR count). The van der Waals surface area contributed by atoms with Gasteiger partial charge in [0, 0.05) is 10.4 Å². The molecule has 1 heterocycles. The van der Waals surface area contributed by atoms with Gasteiger partial charge in [0.25, 0.3) is 0 Å². The van der Waals surface area contributed by atoms with Gasteiger partial charge in [-0.2, -0.15) is 0 Å². The number of nitrogens with one attached hydrogen (secondary N) is 1. The lowest BCUT2D eigenvalue weighted by atomic mass is 10.1. The van der Waals surface area contributed by atoms with E-state index in [0.717, 1.165) is 34.2 Å². The molecule has 3 N–H and O–H groups in total. The zero-order chi connectivity index (χ0) is 13.7. The number of hydrogen-bond acceptors (Lipinski definition) is 2. The van der Waals surface area contributed by atoms with E-state index < -0.39 is 0 Å². The van der Waals surface area contributed by atoms with Gasteiger partial charge >= 0.3 is 0 Å². The molecule has 3 nitrogen and oxygen atoms in total. The minimum absolute atomic E-state index is 0.429. The summed E-state index contributed by atoms with van der Waals surface area (Å²) in [5.74, 6) is 1.47. The maximum Gasteiger partial charge on any atom is 0.112 e. The third-order valence-corrected chi connectivity index (χ3v) is 4.49. The summed E-state index contributed by atoms with van der Waals surface area (Å²) >= 11 is 3.47. The number of H-pyrrole nitrogens is 1. The van der Waals surface area contributed by atoms with Crippen LogP contribution in [0.15, 0.2) is 40.9 Å². The number of nitrogens with two attached hydrogens (primary N) is 1. The van der Waals surface area contributed by atoms with Crippen LogP contribution in [0.3, 0.4) is 0 Å². The van der Waals surface area contributed by atoms with E-state index >= 15 is 0 Å². The summed E-state index contributed by atoms with van der Waals surface area (Å²) in [7, 11) is 0. The number of rotatable bonds is 1. The molecule has 0 amide bonds. The van der Waals surface area contributed by atoms with Crippen LogP contribution >= 0.6 is 15.9 Å². The first-order valence-corrected chi connectivity index (χ1v) is 7.51. The van der Waals surface area contributed by atoms with Crippen LogP contribution in [0, 0.1) is 0 Å². The Bertz CT molecular complexity index is 782. The maximum atomic E-state index is 6.04. The molecule has 0 radical (unpaired) electrons. The Morgan fingerprint density at radius 2 is 1.85 bits per heavy atom. The van der Waals surface area contributed by atoms with Crippen LogP contribution in [0.1, 0.15) is 22.9 Å². The molecule has 20 heavy (non-hydrogen) atoms.